The molecule has 1 N–H and O–H groups in total. The summed E-state index contributed by atoms with van der Waals surface area (Å²) < 4.78 is 0. The second-order valence-corrected chi connectivity index (χ2v) is 5.99. The molecule has 1 aliphatic rings. The van der Waals surface area contributed by atoms with Gasteiger partial charge in [-0.25, -0.2) is 0 Å². The molecule has 0 aromatic carbocycles. The van der Waals surface area contributed by atoms with Gasteiger partial charge in [0.05, 0.1) is 6.42 Å². The number of aliphatic carboxylic acids is 1. The number of carboxylic acids is 1. The van der Waals surface area contributed by atoms with Gasteiger partial charge in [-0.2, -0.15) is 11.8 Å². The van der Waals surface area contributed by atoms with Crippen molar-refractivity contribution in [2.24, 2.45) is 5.92 Å². The van der Waals surface area contributed by atoms with E-state index in [0.29, 0.717) is 0 Å². The van der Waals surface area contributed by atoms with Crippen LogP contribution < -0.4 is 0 Å². The van der Waals surface area contributed by atoms with Gasteiger partial charge >= 0.3 is 5.97 Å². The molecule has 1 fully saturated rings. The molecule has 1 saturated heterocycles. The Kier molecular flexibility index (Phi) is 4.24. The van der Waals surface area contributed by atoms with Crippen LogP contribution in [0, 0.1) is 5.92 Å². The lowest BCUT2D eigenvalue weighted by Crippen LogP contribution is -2.48. The van der Waals surface area contributed by atoms with Crippen molar-refractivity contribution in [2.45, 2.75) is 32.2 Å². The molecule has 0 saturated carbocycles. The monoisotopic (exact) mass is 245 g/mol. The molecule has 1 rings (SSSR count). The van der Waals surface area contributed by atoms with Gasteiger partial charge in [0.25, 0.3) is 0 Å². The first-order valence-electron chi connectivity index (χ1n) is 5.42. The van der Waals surface area contributed by atoms with E-state index >= 15 is 0 Å². The molecular weight excluding hydrogens is 226 g/mol. The summed E-state index contributed by atoms with van der Waals surface area (Å²) in [6.45, 7) is 3.59. The third-order valence-electron chi connectivity index (χ3n) is 3.10. The van der Waals surface area contributed by atoms with Crippen LogP contribution in [0.3, 0.4) is 0 Å². The smallest absolute Gasteiger partial charge is 0.305 e. The fraction of sp³-hybridized carbons (Fsp3) is 0.818. The second-order valence-electron chi connectivity index (χ2n) is 4.84. The van der Waals surface area contributed by atoms with Gasteiger partial charge < -0.3 is 10.0 Å². The van der Waals surface area contributed by atoms with Crippen LogP contribution in [0.4, 0.5) is 0 Å². The zero-order valence-corrected chi connectivity index (χ0v) is 10.8. The Morgan fingerprint density at radius 2 is 2.12 bits per heavy atom. The molecule has 0 aromatic heterocycles. The molecular formula is C11H19NO3S. The SMILES string of the molecule is CN(C(=O)C1CCSC1)C(C)(C)CC(=O)O. The van der Waals surface area contributed by atoms with Gasteiger partial charge in [0.15, 0.2) is 0 Å². The zero-order valence-electron chi connectivity index (χ0n) is 10.0. The molecule has 0 bridgehead atoms. The largest absolute Gasteiger partial charge is 0.481 e. The number of hydrogen-bond donors (Lipinski definition) is 1. The van der Waals surface area contributed by atoms with Gasteiger partial charge in [-0.15, -0.1) is 0 Å². The van der Waals surface area contributed by atoms with E-state index in [4.69, 9.17) is 5.11 Å². The molecule has 5 heteroatoms. The average molecular weight is 245 g/mol. The van der Waals surface area contributed by atoms with Crippen LogP contribution in [0.5, 0.6) is 0 Å². The van der Waals surface area contributed by atoms with Crippen molar-refractivity contribution in [3.05, 3.63) is 0 Å². The predicted octanol–water partition coefficient (Wildman–Crippen LogP) is 1.45. The molecule has 0 radical (unpaired) electrons. The van der Waals surface area contributed by atoms with Gasteiger partial charge in [-0.05, 0) is 26.0 Å². The number of hydrogen-bond acceptors (Lipinski definition) is 3. The molecule has 1 atom stereocenters. The van der Waals surface area contributed by atoms with Crippen LogP contribution in [-0.2, 0) is 9.59 Å². The van der Waals surface area contributed by atoms with E-state index in [0.717, 1.165) is 17.9 Å². The number of thioether (sulfide) groups is 1. The Morgan fingerprint density at radius 3 is 2.56 bits per heavy atom. The van der Waals surface area contributed by atoms with Crippen molar-refractivity contribution >= 4 is 23.6 Å². The molecule has 1 amide bonds. The van der Waals surface area contributed by atoms with E-state index in [-0.39, 0.29) is 18.2 Å². The standard InChI is InChI=1S/C11H19NO3S/c1-11(2,6-9(13)14)12(3)10(15)8-4-5-16-7-8/h8H,4-7H2,1-3H3,(H,13,14). The molecule has 1 unspecified atom stereocenters. The van der Waals surface area contributed by atoms with Crippen LogP contribution in [0.15, 0.2) is 0 Å². The Balaban J connectivity index is 2.64. The van der Waals surface area contributed by atoms with Gasteiger partial charge in [0.2, 0.25) is 5.91 Å². The molecule has 1 heterocycles. The second kappa shape index (κ2) is 5.08. The Labute approximate surface area is 100 Å². The first kappa shape index (κ1) is 13.4. The fourth-order valence-corrected chi connectivity index (χ4v) is 3.00. The Morgan fingerprint density at radius 1 is 1.50 bits per heavy atom. The van der Waals surface area contributed by atoms with Crippen molar-refractivity contribution < 1.29 is 14.7 Å². The van der Waals surface area contributed by atoms with Crippen LogP contribution in [0.2, 0.25) is 0 Å². The average Bonchev–Trinajstić information content (AvgIpc) is 2.66. The van der Waals surface area contributed by atoms with Crippen LogP contribution in [0.25, 0.3) is 0 Å². The fourth-order valence-electron chi connectivity index (χ4n) is 1.79. The number of nitrogens with zero attached hydrogens (tertiary/aromatic N) is 1. The Bertz CT molecular complexity index is 285. The van der Waals surface area contributed by atoms with Crippen molar-refractivity contribution in [1.29, 1.82) is 0 Å². The number of amides is 1. The lowest BCUT2D eigenvalue weighted by Gasteiger charge is -2.36. The van der Waals surface area contributed by atoms with Gasteiger partial charge in [-0.1, -0.05) is 0 Å². The topological polar surface area (TPSA) is 57.6 Å². The number of carboxylic acid groups (broad SMARTS) is 1. The summed E-state index contributed by atoms with van der Waals surface area (Å²) in [5.41, 5.74) is -0.615. The number of carbonyl (C=O) groups is 2. The summed E-state index contributed by atoms with van der Waals surface area (Å²) >= 11 is 1.79. The maximum Gasteiger partial charge on any atom is 0.305 e. The molecule has 92 valence electrons. The maximum absolute atomic E-state index is 12.1. The highest BCUT2D eigenvalue weighted by Crippen LogP contribution is 2.28. The lowest BCUT2D eigenvalue weighted by atomic mass is 9.96. The van der Waals surface area contributed by atoms with E-state index in [1.807, 2.05) is 0 Å². The first-order chi connectivity index (χ1) is 7.34. The highest BCUT2D eigenvalue weighted by Gasteiger charge is 2.34. The van der Waals surface area contributed by atoms with Gasteiger partial charge in [0, 0.05) is 24.3 Å². The summed E-state index contributed by atoms with van der Waals surface area (Å²) in [6, 6.07) is 0. The van der Waals surface area contributed by atoms with E-state index in [1.165, 1.54) is 0 Å². The highest BCUT2D eigenvalue weighted by molar-refractivity contribution is 7.99. The number of carbonyl (C=O) groups excluding carboxylic acids is 1. The summed E-state index contributed by atoms with van der Waals surface area (Å²) in [5, 5.41) is 8.80. The third kappa shape index (κ3) is 3.14. The molecule has 1 aliphatic heterocycles. The minimum atomic E-state index is -0.870. The highest BCUT2D eigenvalue weighted by atomic mass is 32.2. The minimum Gasteiger partial charge on any atom is -0.481 e. The summed E-state index contributed by atoms with van der Waals surface area (Å²) in [5.74, 6) is 1.18. The van der Waals surface area contributed by atoms with E-state index in [2.05, 4.69) is 0 Å². The summed E-state index contributed by atoms with van der Waals surface area (Å²) in [6.07, 6.45) is 0.895. The lowest BCUT2D eigenvalue weighted by molar-refractivity contribution is -0.144. The summed E-state index contributed by atoms with van der Waals surface area (Å²) in [4.78, 5) is 24.4. The normalized spacial score (nSPS) is 20.8. The van der Waals surface area contributed by atoms with Gasteiger partial charge in [0.1, 0.15) is 0 Å². The molecule has 4 nitrogen and oxygen atoms in total. The minimum absolute atomic E-state index is 0.0187. The van der Waals surface area contributed by atoms with Crippen LogP contribution in [-0.4, -0.2) is 46.0 Å². The molecule has 0 aromatic rings. The molecule has 0 spiro atoms. The van der Waals surface area contributed by atoms with Crippen molar-refractivity contribution in [2.75, 3.05) is 18.6 Å². The zero-order chi connectivity index (χ0) is 12.3. The van der Waals surface area contributed by atoms with Crippen molar-refractivity contribution in [1.82, 2.24) is 4.90 Å². The van der Waals surface area contributed by atoms with E-state index < -0.39 is 11.5 Å². The summed E-state index contributed by atoms with van der Waals surface area (Å²) in [7, 11) is 1.70. The quantitative estimate of drug-likeness (QED) is 0.814. The maximum atomic E-state index is 12.1. The third-order valence-corrected chi connectivity index (χ3v) is 4.26. The predicted molar refractivity (Wildman–Crippen MR) is 64.5 cm³/mol. The van der Waals surface area contributed by atoms with Crippen LogP contribution >= 0.6 is 11.8 Å². The van der Waals surface area contributed by atoms with E-state index in [1.54, 1.807) is 37.6 Å². The van der Waals surface area contributed by atoms with Crippen molar-refractivity contribution in [3.63, 3.8) is 0 Å². The van der Waals surface area contributed by atoms with Crippen molar-refractivity contribution in [3.8, 4) is 0 Å². The first-order valence-corrected chi connectivity index (χ1v) is 6.57. The van der Waals surface area contributed by atoms with Crippen LogP contribution in [0.1, 0.15) is 26.7 Å². The molecule has 0 aliphatic carbocycles. The van der Waals surface area contributed by atoms with Gasteiger partial charge in [-0.3, -0.25) is 9.59 Å². The van der Waals surface area contributed by atoms with E-state index in [9.17, 15) is 9.59 Å². The number of rotatable bonds is 4. The molecule has 16 heavy (non-hydrogen) atoms. The Hall–Kier alpha value is -0.710.